The maximum atomic E-state index is 13.7. The van der Waals surface area contributed by atoms with E-state index in [0.717, 1.165) is 10.0 Å². The molecule has 0 saturated carbocycles. The molecule has 158 valence electrons. The summed E-state index contributed by atoms with van der Waals surface area (Å²) in [7, 11) is -4.04. The van der Waals surface area contributed by atoms with Gasteiger partial charge in [0.15, 0.2) is 11.0 Å². The van der Waals surface area contributed by atoms with Crippen LogP contribution in [0.2, 0.25) is 0 Å². The number of ether oxygens (including phenoxy) is 1. The van der Waals surface area contributed by atoms with E-state index in [0.29, 0.717) is 4.90 Å². The van der Waals surface area contributed by atoms with Gasteiger partial charge in [-0.15, -0.1) is 0 Å². The van der Waals surface area contributed by atoms with E-state index in [4.69, 9.17) is 4.74 Å². The van der Waals surface area contributed by atoms with E-state index >= 15 is 0 Å². The molecular formula is C19H15F3N2O4S2. The number of benzene rings is 2. The highest BCUT2D eigenvalue weighted by Gasteiger charge is 2.36. The molecule has 0 spiro atoms. The Kier molecular flexibility index (Phi) is 5.51. The van der Waals surface area contributed by atoms with Crippen LogP contribution in [0.4, 0.5) is 13.2 Å². The molecule has 0 bridgehead atoms. The number of nitrogens with one attached hydrogen (secondary N) is 1. The lowest BCUT2D eigenvalue weighted by atomic mass is 10.1. The lowest BCUT2D eigenvalue weighted by Gasteiger charge is -2.11. The number of hydrogen-bond acceptors (Lipinski definition) is 4. The minimum Gasteiger partial charge on any atom is -0.464 e. The molecule has 2 aromatic carbocycles. The molecule has 30 heavy (non-hydrogen) atoms. The molecule has 1 saturated heterocycles. The first-order valence-electron chi connectivity index (χ1n) is 8.80. The van der Waals surface area contributed by atoms with E-state index in [1.54, 1.807) is 30.3 Å². The average Bonchev–Trinajstić information content (AvgIpc) is 3.31. The summed E-state index contributed by atoms with van der Waals surface area (Å²) in [6.07, 6.45) is -3.29. The Morgan fingerprint density at radius 2 is 1.80 bits per heavy atom. The predicted octanol–water partition coefficient (Wildman–Crippen LogP) is 3.16. The third-order valence-electron chi connectivity index (χ3n) is 4.57. The zero-order valence-corrected chi connectivity index (χ0v) is 16.9. The van der Waals surface area contributed by atoms with Crippen molar-refractivity contribution in [2.75, 3.05) is 6.61 Å². The van der Waals surface area contributed by atoms with Crippen LogP contribution in [0.1, 0.15) is 12.0 Å². The maximum absolute atomic E-state index is 13.7. The summed E-state index contributed by atoms with van der Waals surface area (Å²) >= 11 is 0. The predicted molar refractivity (Wildman–Crippen MR) is 104 cm³/mol. The SMILES string of the molecule is O=C1OCCC1NS(=O)c1cn(S(=O)c2ccccc2)c2cccc(C(F)(F)F)c12. The highest BCUT2D eigenvalue weighted by atomic mass is 32.2. The fraction of sp³-hybridized carbons (Fsp3) is 0.211. The second kappa shape index (κ2) is 7.97. The summed E-state index contributed by atoms with van der Waals surface area (Å²) in [4.78, 5) is 11.8. The van der Waals surface area contributed by atoms with Crippen LogP contribution in [-0.4, -0.2) is 31.0 Å². The van der Waals surface area contributed by atoms with Crippen LogP contribution in [-0.2, 0) is 37.7 Å². The molecule has 1 N–H and O–H groups in total. The third kappa shape index (κ3) is 3.80. The van der Waals surface area contributed by atoms with E-state index < -0.39 is 45.7 Å². The van der Waals surface area contributed by atoms with Crippen molar-refractivity contribution in [1.29, 1.82) is 0 Å². The number of nitrogens with zero attached hydrogens (tertiary/aromatic N) is 1. The molecule has 1 aromatic heterocycles. The van der Waals surface area contributed by atoms with Gasteiger partial charge in [-0.1, -0.05) is 24.3 Å². The van der Waals surface area contributed by atoms with Gasteiger partial charge >= 0.3 is 12.1 Å². The zero-order chi connectivity index (χ0) is 21.5. The Labute approximate surface area is 174 Å². The summed E-state index contributed by atoms with van der Waals surface area (Å²) in [5.74, 6) is -0.615. The molecule has 0 amide bonds. The van der Waals surface area contributed by atoms with Crippen molar-refractivity contribution in [2.24, 2.45) is 0 Å². The molecular weight excluding hydrogens is 441 g/mol. The van der Waals surface area contributed by atoms with Crippen LogP contribution < -0.4 is 4.72 Å². The normalized spacial score (nSPS) is 19.0. The zero-order valence-electron chi connectivity index (χ0n) is 15.2. The molecule has 2 heterocycles. The van der Waals surface area contributed by atoms with E-state index in [9.17, 15) is 26.4 Å². The van der Waals surface area contributed by atoms with Gasteiger partial charge in [0.2, 0.25) is 0 Å². The van der Waals surface area contributed by atoms with Gasteiger partial charge in [0.25, 0.3) is 0 Å². The number of carbonyl (C=O) groups excluding carboxylic acids is 1. The highest BCUT2D eigenvalue weighted by molar-refractivity contribution is 7.84. The first-order valence-corrected chi connectivity index (χ1v) is 11.1. The van der Waals surface area contributed by atoms with Gasteiger partial charge in [0.05, 0.1) is 27.5 Å². The summed E-state index contributed by atoms with van der Waals surface area (Å²) in [5, 5.41) is -0.327. The molecule has 4 rings (SSSR count). The number of aromatic nitrogens is 1. The number of alkyl halides is 3. The highest BCUT2D eigenvalue weighted by Crippen LogP contribution is 2.38. The molecule has 1 fully saturated rings. The van der Waals surface area contributed by atoms with E-state index in [-0.39, 0.29) is 28.8 Å². The largest absolute Gasteiger partial charge is 0.464 e. The molecule has 11 heteroatoms. The number of hydrogen-bond donors (Lipinski definition) is 1. The van der Waals surface area contributed by atoms with Crippen LogP contribution >= 0.6 is 0 Å². The third-order valence-corrected chi connectivity index (χ3v) is 7.12. The molecule has 3 aromatic rings. The van der Waals surface area contributed by atoms with Crippen LogP contribution in [0.5, 0.6) is 0 Å². The van der Waals surface area contributed by atoms with E-state index in [1.807, 2.05) is 0 Å². The van der Waals surface area contributed by atoms with Gasteiger partial charge in [0, 0.05) is 18.0 Å². The standard InChI is InChI=1S/C19H15F3N2O4S2/c20-19(21,22)13-7-4-8-15-17(13)16(29(26)23-14-9-10-28-18(14)25)11-24(15)30(27)12-5-2-1-3-6-12/h1-8,11,14,23H,9-10H2. The lowest BCUT2D eigenvalue weighted by Crippen LogP contribution is -2.34. The number of esters is 1. The van der Waals surface area contributed by atoms with Crippen LogP contribution in [0.3, 0.4) is 0 Å². The van der Waals surface area contributed by atoms with Crippen molar-refractivity contribution in [3.63, 3.8) is 0 Å². The topological polar surface area (TPSA) is 77.4 Å². The first-order chi connectivity index (χ1) is 14.3. The summed E-state index contributed by atoms with van der Waals surface area (Å²) < 4.78 is 75.5. The molecule has 0 radical (unpaired) electrons. The van der Waals surface area contributed by atoms with Gasteiger partial charge in [-0.3, -0.25) is 8.77 Å². The smallest absolute Gasteiger partial charge is 0.417 e. The Hall–Kier alpha value is -2.50. The first kappa shape index (κ1) is 20.8. The van der Waals surface area contributed by atoms with Crippen molar-refractivity contribution >= 4 is 38.8 Å². The number of cyclic esters (lactones) is 1. The molecule has 1 aliphatic heterocycles. The average molecular weight is 456 g/mol. The fourth-order valence-corrected chi connectivity index (χ4v) is 5.60. The molecule has 0 aliphatic carbocycles. The van der Waals surface area contributed by atoms with Crippen molar-refractivity contribution in [3.8, 4) is 0 Å². The Morgan fingerprint density at radius 1 is 1.07 bits per heavy atom. The van der Waals surface area contributed by atoms with Crippen LogP contribution in [0, 0.1) is 0 Å². The Morgan fingerprint density at radius 3 is 2.43 bits per heavy atom. The lowest BCUT2D eigenvalue weighted by molar-refractivity contribution is -0.139. The van der Waals surface area contributed by atoms with Gasteiger partial charge in [-0.2, -0.15) is 13.2 Å². The van der Waals surface area contributed by atoms with Gasteiger partial charge in [0.1, 0.15) is 17.0 Å². The minimum atomic E-state index is -4.72. The summed E-state index contributed by atoms with van der Waals surface area (Å²) in [6, 6.07) is 10.8. The summed E-state index contributed by atoms with van der Waals surface area (Å²) in [5.41, 5.74) is -0.978. The fourth-order valence-electron chi connectivity index (χ4n) is 3.18. The Bertz CT molecular complexity index is 1160. The number of halogens is 3. The molecule has 3 unspecified atom stereocenters. The molecule has 3 atom stereocenters. The minimum absolute atomic E-state index is 0.0196. The molecule has 6 nitrogen and oxygen atoms in total. The van der Waals surface area contributed by atoms with E-state index in [2.05, 4.69) is 4.72 Å². The van der Waals surface area contributed by atoms with Crippen molar-refractivity contribution < 1.29 is 31.1 Å². The van der Waals surface area contributed by atoms with Crippen LogP contribution in [0.15, 0.2) is 64.5 Å². The van der Waals surface area contributed by atoms with Crippen molar-refractivity contribution in [2.45, 2.75) is 28.4 Å². The summed E-state index contributed by atoms with van der Waals surface area (Å²) in [6.45, 7) is 0.140. The second-order valence-electron chi connectivity index (χ2n) is 6.47. The van der Waals surface area contributed by atoms with Crippen LogP contribution in [0.25, 0.3) is 10.9 Å². The van der Waals surface area contributed by atoms with Gasteiger partial charge in [-0.05, 0) is 24.3 Å². The van der Waals surface area contributed by atoms with Crippen molar-refractivity contribution in [1.82, 2.24) is 8.69 Å². The monoisotopic (exact) mass is 456 g/mol. The Balaban J connectivity index is 1.87. The maximum Gasteiger partial charge on any atom is 0.417 e. The van der Waals surface area contributed by atoms with Crippen molar-refractivity contribution in [3.05, 3.63) is 60.3 Å². The van der Waals surface area contributed by atoms with Gasteiger partial charge in [-0.25, -0.2) is 13.1 Å². The number of rotatable bonds is 5. The molecule has 1 aliphatic rings. The van der Waals surface area contributed by atoms with E-state index in [1.165, 1.54) is 18.3 Å². The van der Waals surface area contributed by atoms with Gasteiger partial charge < -0.3 is 4.74 Å². The second-order valence-corrected chi connectivity index (χ2v) is 9.05. The number of carbonyl (C=O) groups is 1. The quantitative estimate of drug-likeness (QED) is 0.599. The number of fused-ring (bicyclic) bond motifs is 1.